The second-order valence-corrected chi connectivity index (χ2v) is 8.15. The number of anilines is 1. The van der Waals surface area contributed by atoms with E-state index in [0.717, 1.165) is 7.11 Å². The van der Waals surface area contributed by atoms with Crippen molar-refractivity contribution in [3.8, 4) is 0 Å². The first-order valence-corrected chi connectivity index (χ1v) is 9.47. The van der Waals surface area contributed by atoms with Crippen molar-refractivity contribution >= 4 is 50.6 Å². The number of hydrogen-bond donors (Lipinski definition) is 1. The molecule has 1 heterocycles. The number of ether oxygens (including phenoxy) is 2. The highest BCUT2D eigenvalue weighted by molar-refractivity contribution is 7.94. The van der Waals surface area contributed by atoms with Crippen LogP contribution in [-0.4, -0.2) is 34.6 Å². The van der Waals surface area contributed by atoms with Gasteiger partial charge in [0.2, 0.25) is 0 Å². The third-order valence-corrected chi connectivity index (χ3v) is 6.64. The van der Waals surface area contributed by atoms with E-state index in [2.05, 4.69) is 14.2 Å². The summed E-state index contributed by atoms with van der Waals surface area (Å²) in [6.07, 6.45) is 0. The zero-order valence-corrected chi connectivity index (χ0v) is 15.8. The van der Waals surface area contributed by atoms with Crippen molar-refractivity contribution in [3.63, 3.8) is 0 Å². The van der Waals surface area contributed by atoms with Gasteiger partial charge in [0.1, 0.15) is 4.88 Å². The van der Waals surface area contributed by atoms with Gasteiger partial charge < -0.3 is 9.47 Å². The maximum atomic E-state index is 12.7. The van der Waals surface area contributed by atoms with Crippen molar-refractivity contribution in [2.45, 2.75) is 11.1 Å². The molecule has 0 bridgehead atoms. The summed E-state index contributed by atoms with van der Waals surface area (Å²) < 4.78 is 36.7. The number of hydrogen-bond acceptors (Lipinski definition) is 7. The van der Waals surface area contributed by atoms with Crippen LogP contribution in [0.4, 0.5) is 5.69 Å². The summed E-state index contributed by atoms with van der Waals surface area (Å²) in [7, 11) is -1.85. The topological polar surface area (TPSA) is 98.8 Å². The molecule has 10 heteroatoms. The fourth-order valence-electron chi connectivity index (χ4n) is 2.02. The van der Waals surface area contributed by atoms with E-state index in [9.17, 15) is 18.0 Å². The number of benzene rings is 1. The monoisotopic (exact) mass is 403 g/mol. The number of halogens is 1. The van der Waals surface area contributed by atoms with Crippen molar-refractivity contribution in [1.29, 1.82) is 0 Å². The van der Waals surface area contributed by atoms with Crippen molar-refractivity contribution < 1.29 is 27.5 Å². The molecule has 1 aromatic carbocycles. The summed E-state index contributed by atoms with van der Waals surface area (Å²) in [5.74, 6) is -1.60. The van der Waals surface area contributed by atoms with Crippen molar-refractivity contribution in [2.75, 3.05) is 18.9 Å². The number of thiophene rings is 1. The molecule has 0 radical (unpaired) electrons. The molecule has 2 aromatic rings. The summed E-state index contributed by atoms with van der Waals surface area (Å²) in [6, 6.07) is 5.97. The van der Waals surface area contributed by atoms with Crippen LogP contribution in [0.15, 0.2) is 28.5 Å². The molecular weight excluding hydrogens is 390 g/mol. The van der Waals surface area contributed by atoms with Gasteiger partial charge in [-0.3, -0.25) is 4.72 Å². The zero-order chi connectivity index (χ0) is 18.8. The summed E-state index contributed by atoms with van der Waals surface area (Å²) >= 11 is 6.41. The van der Waals surface area contributed by atoms with Gasteiger partial charge in [-0.15, -0.1) is 11.3 Å². The molecule has 0 unspecified atom stereocenters. The minimum absolute atomic E-state index is 0.0133. The molecule has 1 aromatic heterocycles. The average molecular weight is 404 g/mol. The fraction of sp³-hybridized carbons (Fsp3) is 0.200. The van der Waals surface area contributed by atoms with E-state index < -0.39 is 22.0 Å². The van der Waals surface area contributed by atoms with Gasteiger partial charge in [-0.2, -0.15) is 0 Å². The molecule has 0 spiro atoms. The Hall–Kier alpha value is -2.10. The smallest absolute Gasteiger partial charge is 0.348 e. The van der Waals surface area contributed by atoms with Crippen molar-refractivity contribution in [1.82, 2.24) is 0 Å². The molecule has 7 nitrogen and oxygen atoms in total. The quantitative estimate of drug-likeness (QED) is 0.770. The van der Waals surface area contributed by atoms with Crippen LogP contribution in [0.3, 0.4) is 0 Å². The average Bonchev–Trinajstić information content (AvgIpc) is 2.93. The lowest BCUT2D eigenvalue weighted by molar-refractivity contribution is 0.0596. The predicted molar refractivity (Wildman–Crippen MR) is 94.0 cm³/mol. The van der Waals surface area contributed by atoms with Crippen LogP contribution in [0.5, 0.6) is 0 Å². The van der Waals surface area contributed by atoms with E-state index in [-0.39, 0.29) is 25.9 Å². The van der Waals surface area contributed by atoms with Gasteiger partial charge in [-0.25, -0.2) is 18.0 Å². The second-order valence-electron chi connectivity index (χ2n) is 4.81. The Morgan fingerprint density at radius 2 is 1.64 bits per heavy atom. The van der Waals surface area contributed by atoms with E-state index in [0.29, 0.717) is 16.4 Å². The number of rotatable bonds is 5. The Morgan fingerprint density at radius 3 is 2.16 bits per heavy atom. The molecule has 2 rings (SSSR count). The summed E-state index contributed by atoms with van der Waals surface area (Å²) in [5, 5.41) is 0.443. The summed E-state index contributed by atoms with van der Waals surface area (Å²) in [4.78, 5) is 23.9. The second kappa shape index (κ2) is 7.42. The molecule has 134 valence electrons. The van der Waals surface area contributed by atoms with Crippen LogP contribution in [0.2, 0.25) is 5.02 Å². The van der Waals surface area contributed by atoms with E-state index in [1.807, 2.05) is 0 Å². The normalized spacial score (nSPS) is 11.0. The minimum atomic E-state index is -4.14. The van der Waals surface area contributed by atoms with Crippen LogP contribution in [-0.2, 0) is 19.5 Å². The summed E-state index contributed by atoms with van der Waals surface area (Å²) in [5.41, 5.74) is 0.237. The molecule has 0 aliphatic rings. The maximum Gasteiger partial charge on any atom is 0.348 e. The fourth-order valence-corrected chi connectivity index (χ4v) is 4.95. The highest BCUT2D eigenvalue weighted by atomic mass is 35.5. The van der Waals surface area contributed by atoms with Gasteiger partial charge in [-0.1, -0.05) is 11.6 Å². The number of carbonyl (C=O) groups excluding carboxylic acids is 2. The zero-order valence-electron chi connectivity index (χ0n) is 13.5. The minimum Gasteiger partial charge on any atom is -0.465 e. The molecule has 0 fully saturated rings. The summed E-state index contributed by atoms with van der Waals surface area (Å²) in [6.45, 7) is 1.45. The SMILES string of the molecule is COC(=O)c1sc(S(=O)(=O)Nc2ccc(Cl)cc2)c(C(=O)OC)c1C. The number of carbonyl (C=O) groups is 2. The Kier molecular flexibility index (Phi) is 5.71. The first kappa shape index (κ1) is 19.2. The Morgan fingerprint density at radius 1 is 1.08 bits per heavy atom. The number of sulfonamides is 1. The van der Waals surface area contributed by atoms with Gasteiger partial charge in [0.25, 0.3) is 10.0 Å². The van der Waals surface area contributed by atoms with Crippen LogP contribution < -0.4 is 4.72 Å². The van der Waals surface area contributed by atoms with E-state index in [4.69, 9.17) is 11.6 Å². The molecule has 0 amide bonds. The molecule has 1 N–H and O–H groups in total. The highest BCUT2D eigenvalue weighted by Gasteiger charge is 2.32. The van der Waals surface area contributed by atoms with Gasteiger partial charge in [0, 0.05) is 10.7 Å². The number of esters is 2. The largest absolute Gasteiger partial charge is 0.465 e. The number of methoxy groups -OCH3 is 2. The first-order valence-electron chi connectivity index (χ1n) is 6.79. The Labute approximate surface area is 153 Å². The van der Waals surface area contributed by atoms with Crippen LogP contribution in [0.25, 0.3) is 0 Å². The standard InChI is InChI=1S/C15H14ClNO6S2/c1-8-11(13(18)22-2)15(24-12(8)14(19)23-3)25(20,21)17-10-6-4-9(16)5-7-10/h4-7,17H,1-3H3. The molecule has 25 heavy (non-hydrogen) atoms. The lowest BCUT2D eigenvalue weighted by Gasteiger charge is -2.08. The first-order chi connectivity index (χ1) is 11.7. The lowest BCUT2D eigenvalue weighted by Crippen LogP contribution is -2.16. The molecular formula is C15H14ClNO6S2. The Bertz CT molecular complexity index is 918. The van der Waals surface area contributed by atoms with Crippen LogP contribution >= 0.6 is 22.9 Å². The van der Waals surface area contributed by atoms with Crippen LogP contribution in [0.1, 0.15) is 25.6 Å². The Balaban J connectivity index is 2.57. The molecule has 0 saturated heterocycles. The molecule has 0 saturated carbocycles. The predicted octanol–water partition coefficient (Wildman–Crippen LogP) is 3.08. The van der Waals surface area contributed by atoms with E-state index in [1.54, 1.807) is 0 Å². The number of nitrogens with one attached hydrogen (secondary N) is 1. The van der Waals surface area contributed by atoms with Gasteiger partial charge in [0.05, 0.1) is 19.8 Å². The lowest BCUT2D eigenvalue weighted by atomic mass is 10.2. The van der Waals surface area contributed by atoms with Crippen LogP contribution in [0, 0.1) is 6.92 Å². The highest BCUT2D eigenvalue weighted by Crippen LogP contribution is 2.34. The molecule has 0 aliphatic heterocycles. The molecule has 0 aliphatic carbocycles. The van der Waals surface area contributed by atoms with Crippen molar-refractivity contribution in [3.05, 3.63) is 45.3 Å². The van der Waals surface area contributed by atoms with Gasteiger partial charge in [-0.05, 0) is 36.8 Å². The van der Waals surface area contributed by atoms with Crippen molar-refractivity contribution in [2.24, 2.45) is 0 Å². The van der Waals surface area contributed by atoms with Gasteiger partial charge in [0.15, 0.2) is 4.21 Å². The van der Waals surface area contributed by atoms with E-state index >= 15 is 0 Å². The third kappa shape index (κ3) is 3.94. The maximum absolute atomic E-state index is 12.7. The third-order valence-electron chi connectivity index (χ3n) is 3.22. The molecule has 0 atom stereocenters. The van der Waals surface area contributed by atoms with E-state index in [1.165, 1.54) is 38.3 Å². The van der Waals surface area contributed by atoms with Gasteiger partial charge >= 0.3 is 11.9 Å².